The van der Waals surface area contributed by atoms with E-state index in [-0.39, 0.29) is 41.2 Å². The Balaban J connectivity index is 1.15. The summed E-state index contributed by atoms with van der Waals surface area (Å²) in [5.41, 5.74) is -0.783. The van der Waals surface area contributed by atoms with Crippen LogP contribution in [-0.2, 0) is 0 Å². The van der Waals surface area contributed by atoms with Crippen LogP contribution in [0.3, 0.4) is 0 Å². The molecule has 5 aliphatic rings. The third-order valence-electron chi connectivity index (χ3n) is 11.1. The molecule has 2 bridgehead atoms. The van der Waals surface area contributed by atoms with Gasteiger partial charge >= 0.3 is 6.01 Å². The van der Waals surface area contributed by atoms with E-state index in [9.17, 15) is 5.11 Å². The van der Waals surface area contributed by atoms with Gasteiger partial charge in [0.1, 0.15) is 35.1 Å². The zero-order valence-corrected chi connectivity index (χ0v) is 27.1. The Kier molecular flexibility index (Phi) is 6.49. The predicted octanol–water partition coefficient (Wildman–Crippen LogP) is 6.11. The number of hydrogen-bond acceptors (Lipinski definition) is 8. The molecule has 2 N–H and O–H groups in total. The maximum atomic E-state index is 16.8. The van der Waals surface area contributed by atoms with Gasteiger partial charge in [0.25, 0.3) is 0 Å². The Labute approximate surface area is 273 Å². The van der Waals surface area contributed by atoms with Crippen molar-refractivity contribution in [2.45, 2.75) is 80.7 Å². The number of hydrogen-bond donors (Lipinski definition) is 2. The summed E-state index contributed by atoms with van der Waals surface area (Å²) in [6.07, 6.45) is 8.65. The van der Waals surface area contributed by atoms with Gasteiger partial charge in [0, 0.05) is 58.4 Å². The Morgan fingerprint density at radius 2 is 1.93 bits per heavy atom. The van der Waals surface area contributed by atoms with E-state index >= 15 is 8.78 Å². The summed E-state index contributed by atoms with van der Waals surface area (Å²) in [6, 6.07) is 9.77. The first-order valence-corrected chi connectivity index (χ1v) is 17.3. The van der Waals surface area contributed by atoms with Crippen molar-refractivity contribution < 1.29 is 18.6 Å². The van der Waals surface area contributed by atoms with Crippen LogP contribution < -0.4 is 15.0 Å². The minimum absolute atomic E-state index is 0.0387. The molecule has 45 heavy (non-hydrogen) atoms. The van der Waals surface area contributed by atoms with Crippen LogP contribution in [0.2, 0.25) is 0 Å². The summed E-state index contributed by atoms with van der Waals surface area (Å²) in [7, 11) is 0. The molecule has 8 nitrogen and oxygen atoms in total. The van der Waals surface area contributed by atoms with Gasteiger partial charge in [-0.05, 0) is 97.7 Å². The molecule has 4 saturated heterocycles. The van der Waals surface area contributed by atoms with E-state index in [1.165, 1.54) is 0 Å². The van der Waals surface area contributed by atoms with Crippen LogP contribution in [0.15, 0.2) is 36.5 Å². The van der Waals surface area contributed by atoms with Gasteiger partial charge in [0.2, 0.25) is 0 Å². The zero-order valence-electron chi connectivity index (χ0n) is 24.9. The number of aromatic hydroxyl groups is 1. The predicted molar refractivity (Wildman–Crippen MR) is 177 cm³/mol. The molecule has 5 fully saturated rings. The normalized spacial score (nSPS) is 30.8. The first-order chi connectivity index (χ1) is 21.8. The molecule has 4 aromatic rings. The molecule has 0 spiro atoms. The fraction of sp³-hybridized carbons (Fsp3) is 0.500. The minimum Gasteiger partial charge on any atom is -0.508 e. The van der Waals surface area contributed by atoms with Gasteiger partial charge in [-0.25, -0.2) is 8.78 Å². The molecule has 5 atom stereocenters. The molecule has 2 unspecified atom stereocenters. The largest absolute Gasteiger partial charge is 0.508 e. The van der Waals surface area contributed by atoms with Crippen molar-refractivity contribution in [2.75, 3.05) is 31.1 Å². The summed E-state index contributed by atoms with van der Waals surface area (Å²) in [4.78, 5) is 18.8. The first kappa shape index (κ1) is 28.3. The molecule has 234 valence electrons. The molecule has 4 aliphatic heterocycles. The van der Waals surface area contributed by atoms with Crippen molar-refractivity contribution >= 4 is 50.1 Å². The number of phenolic OH excluding ortho intramolecular Hbond substituents is 1. The number of ether oxygens (including phenoxy) is 1. The lowest BCUT2D eigenvalue weighted by atomic mass is 9.88. The van der Waals surface area contributed by atoms with Crippen LogP contribution in [-0.4, -0.2) is 80.5 Å². The maximum Gasteiger partial charge on any atom is 0.319 e. The van der Waals surface area contributed by atoms with Crippen molar-refractivity contribution in [1.82, 2.24) is 25.2 Å². The quantitative estimate of drug-likeness (QED) is 0.239. The number of pyridine rings is 1. The molecule has 2 aromatic carbocycles. The average molecular weight is 725 g/mol. The number of phenols is 1. The highest BCUT2D eigenvalue weighted by Gasteiger charge is 2.63. The van der Waals surface area contributed by atoms with Crippen LogP contribution >= 0.6 is 22.6 Å². The fourth-order valence-corrected chi connectivity index (χ4v) is 10.1. The van der Waals surface area contributed by atoms with Crippen LogP contribution in [0.1, 0.15) is 51.4 Å². The van der Waals surface area contributed by atoms with Crippen molar-refractivity contribution in [3.05, 3.63) is 45.9 Å². The van der Waals surface area contributed by atoms with Crippen LogP contribution in [0, 0.1) is 9.39 Å². The SMILES string of the molecule is Oc1cc(-c2ncc3c(N4CC5CCC(C4)N5)nc(OC[C@@]45CCCN4[C@@H]4CCC[C@]4(F)C5)nc3c2F)c2c(I)cccc2c1. The third-order valence-corrected chi connectivity index (χ3v) is 12.0. The smallest absolute Gasteiger partial charge is 0.319 e. The van der Waals surface area contributed by atoms with E-state index in [4.69, 9.17) is 9.72 Å². The standard InChI is InChI=1S/C34H35F2IN6O2/c35-28-29(23-13-22(44)12-19-4-1-5-25(37)27(19)23)38-14-24-30(28)40-32(41-31(24)42-15-20-7-8-21(16-42)39-20)45-18-33-9-3-11-43(33)26-6-2-10-34(26,36)17-33/h1,4-5,12-14,20-21,26,39,44H,2-3,6-11,15-18H2/t20?,21?,26-,33+,34+/m1/s1. The van der Waals surface area contributed by atoms with Crippen molar-refractivity contribution in [3.8, 4) is 23.0 Å². The molecule has 0 radical (unpaired) electrons. The van der Waals surface area contributed by atoms with Gasteiger partial charge in [0.05, 0.1) is 10.9 Å². The number of benzene rings is 2. The number of halogens is 3. The van der Waals surface area contributed by atoms with Crippen molar-refractivity contribution in [2.24, 2.45) is 0 Å². The molecular weight excluding hydrogens is 689 g/mol. The summed E-state index contributed by atoms with van der Waals surface area (Å²) in [5.74, 6) is 0.0778. The van der Waals surface area contributed by atoms with E-state index in [0.717, 1.165) is 72.5 Å². The molecule has 9 rings (SSSR count). The monoisotopic (exact) mass is 724 g/mol. The number of rotatable bonds is 5. The highest BCUT2D eigenvalue weighted by atomic mass is 127. The Morgan fingerprint density at radius 1 is 1.09 bits per heavy atom. The minimum atomic E-state index is -1.16. The number of nitrogens with one attached hydrogen (secondary N) is 1. The maximum absolute atomic E-state index is 16.8. The van der Waals surface area contributed by atoms with Gasteiger partial charge in [-0.15, -0.1) is 0 Å². The summed E-state index contributed by atoms with van der Waals surface area (Å²) in [5, 5.41) is 16.4. The van der Waals surface area contributed by atoms with Gasteiger partial charge < -0.3 is 20.1 Å². The molecule has 11 heteroatoms. The molecule has 6 heterocycles. The van der Waals surface area contributed by atoms with E-state index in [0.29, 0.717) is 41.7 Å². The first-order valence-electron chi connectivity index (χ1n) is 16.2. The summed E-state index contributed by atoms with van der Waals surface area (Å²) >= 11 is 2.23. The Bertz CT molecular complexity index is 1850. The Hall–Kier alpha value is -2.90. The van der Waals surface area contributed by atoms with E-state index in [2.05, 4.69) is 47.7 Å². The summed E-state index contributed by atoms with van der Waals surface area (Å²) in [6.45, 7) is 2.67. The second kappa shape index (κ2) is 10.3. The highest BCUT2D eigenvalue weighted by molar-refractivity contribution is 14.1. The number of piperazine rings is 1. The zero-order chi connectivity index (χ0) is 30.5. The lowest BCUT2D eigenvalue weighted by molar-refractivity contribution is 0.0811. The van der Waals surface area contributed by atoms with Gasteiger partial charge in [0.15, 0.2) is 5.82 Å². The third kappa shape index (κ3) is 4.43. The molecule has 1 aliphatic carbocycles. The van der Waals surface area contributed by atoms with E-state index in [1.807, 2.05) is 18.2 Å². The molecule has 2 aromatic heterocycles. The number of fused-ring (bicyclic) bond motifs is 7. The van der Waals surface area contributed by atoms with Crippen molar-refractivity contribution in [3.63, 3.8) is 0 Å². The molecule has 1 saturated carbocycles. The second-order valence-electron chi connectivity index (χ2n) is 13.8. The van der Waals surface area contributed by atoms with Gasteiger partial charge in [-0.2, -0.15) is 9.97 Å². The number of alkyl halides is 1. The average Bonchev–Trinajstić information content (AvgIpc) is 3.74. The van der Waals surface area contributed by atoms with Gasteiger partial charge in [-0.1, -0.05) is 12.1 Å². The number of anilines is 1. The highest BCUT2D eigenvalue weighted by Crippen LogP contribution is 2.55. The second-order valence-corrected chi connectivity index (χ2v) is 15.0. The van der Waals surface area contributed by atoms with E-state index in [1.54, 1.807) is 18.3 Å². The van der Waals surface area contributed by atoms with Crippen LogP contribution in [0.25, 0.3) is 32.9 Å². The molecule has 0 amide bonds. The van der Waals surface area contributed by atoms with Crippen molar-refractivity contribution in [1.29, 1.82) is 0 Å². The van der Waals surface area contributed by atoms with E-state index < -0.39 is 11.5 Å². The van der Waals surface area contributed by atoms with Crippen LogP contribution in [0.4, 0.5) is 14.6 Å². The Morgan fingerprint density at radius 3 is 2.78 bits per heavy atom. The van der Waals surface area contributed by atoms with Crippen LogP contribution in [0.5, 0.6) is 11.8 Å². The lowest BCUT2D eigenvalue weighted by Gasteiger charge is -2.35. The number of nitrogens with zero attached hydrogens (tertiary/aromatic N) is 5. The fourth-order valence-electron chi connectivity index (χ4n) is 9.28. The lowest BCUT2D eigenvalue weighted by Crippen LogP contribution is -2.51. The molecular formula is C34H35F2IN6O2. The number of aromatic nitrogens is 3. The summed E-state index contributed by atoms with van der Waals surface area (Å²) < 4.78 is 40.2. The van der Waals surface area contributed by atoms with Gasteiger partial charge in [-0.3, -0.25) is 9.88 Å². The topological polar surface area (TPSA) is 86.6 Å².